The van der Waals surface area contributed by atoms with Crippen LogP contribution in [-0.4, -0.2) is 12.4 Å². The zero-order chi connectivity index (χ0) is 12.3. The molecule has 0 aromatic heterocycles. The van der Waals surface area contributed by atoms with Crippen LogP contribution in [0, 0.1) is 6.07 Å². The standard InChI is InChI=1S/C15H15O2/c1-3-5-11-9-12(6-4-2)15-13(10-11)14(16)7-8-17-15/h3-4,9H,1-2,5-8H2. The molecule has 0 bridgehead atoms. The maximum absolute atomic E-state index is 11.8. The molecule has 2 heteroatoms. The first-order valence-electron chi connectivity index (χ1n) is 5.72. The molecule has 2 rings (SSSR count). The molecule has 0 saturated carbocycles. The number of fused-ring (bicyclic) bond motifs is 1. The molecule has 2 nitrogen and oxygen atoms in total. The largest absolute Gasteiger partial charge is 0.492 e. The van der Waals surface area contributed by atoms with Gasteiger partial charge in [-0.15, -0.1) is 13.2 Å². The second-order valence-corrected chi connectivity index (χ2v) is 4.03. The van der Waals surface area contributed by atoms with E-state index in [1.54, 1.807) is 0 Å². The zero-order valence-corrected chi connectivity index (χ0v) is 9.79. The van der Waals surface area contributed by atoms with Gasteiger partial charge in [-0.3, -0.25) is 4.79 Å². The molecule has 1 aromatic carbocycles. The van der Waals surface area contributed by atoms with Crippen LogP contribution in [0.1, 0.15) is 27.9 Å². The minimum Gasteiger partial charge on any atom is -0.492 e. The van der Waals surface area contributed by atoms with Crippen LogP contribution in [0.4, 0.5) is 0 Å². The lowest BCUT2D eigenvalue weighted by atomic mass is 9.95. The highest BCUT2D eigenvalue weighted by Gasteiger charge is 2.22. The van der Waals surface area contributed by atoms with Gasteiger partial charge in [-0.2, -0.15) is 0 Å². The molecule has 1 aliphatic heterocycles. The molecule has 1 heterocycles. The van der Waals surface area contributed by atoms with Gasteiger partial charge in [0.05, 0.1) is 12.2 Å². The second-order valence-electron chi connectivity index (χ2n) is 4.03. The van der Waals surface area contributed by atoms with Crippen molar-refractivity contribution in [2.75, 3.05) is 6.61 Å². The van der Waals surface area contributed by atoms with Crippen molar-refractivity contribution < 1.29 is 9.53 Å². The van der Waals surface area contributed by atoms with Gasteiger partial charge in [0.1, 0.15) is 5.75 Å². The summed E-state index contributed by atoms with van der Waals surface area (Å²) in [5.74, 6) is 0.802. The first-order valence-corrected chi connectivity index (χ1v) is 5.72. The van der Waals surface area contributed by atoms with E-state index >= 15 is 0 Å². The van der Waals surface area contributed by atoms with Gasteiger partial charge in [-0.05, 0) is 24.0 Å². The van der Waals surface area contributed by atoms with Gasteiger partial charge in [0, 0.05) is 12.5 Å². The number of ether oxygens (including phenoxy) is 1. The molecule has 0 unspecified atom stereocenters. The van der Waals surface area contributed by atoms with Gasteiger partial charge in [0.15, 0.2) is 5.78 Å². The Kier molecular flexibility index (Phi) is 3.43. The average Bonchev–Trinajstić information content (AvgIpc) is 2.31. The number of benzene rings is 1. The summed E-state index contributed by atoms with van der Waals surface area (Å²) in [4.78, 5) is 11.8. The molecule has 1 aromatic rings. The molecule has 1 aliphatic rings. The van der Waals surface area contributed by atoms with Crippen LogP contribution in [0.2, 0.25) is 0 Å². The second kappa shape index (κ2) is 5.00. The summed E-state index contributed by atoms with van der Waals surface area (Å²) in [6, 6.07) is 5.15. The minimum absolute atomic E-state index is 0.113. The fraction of sp³-hybridized carbons (Fsp3) is 0.267. The molecule has 87 valence electrons. The molecule has 0 fully saturated rings. The van der Waals surface area contributed by atoms with E-state index in [-0.39, 0.29) is 5.78 Å². The molecule has 17 heavy (non-hydrogen) atoms. The predicted octanol–water partition coefficient (Wildman–Crippen LogP) is 2.91. The highest BCUT2D eigenvalue weighted by molar-refractivity contribution is 6.00. The van der Waals surface area contributed by atoms with E-state index in [0.717, 1.165) is 11.1 Å². The first kappa shape index (κ1) is 11.6. The molecule has 0 atom stereocenters. The lowest BCUT2D eigenvalue weighted by Crippen LogP contribution is -2.17. The van der Waals surface area contributed by atoms with E-state index in [1.165, 1.54) is 0 Å². The van der Waals surface area contributed by atoms with Gasteiger partial charge >= 0.3 is 0 Å². The van der Waals surface area contributed by atoms with Crippen molar-refractivity contribution in [1.29, 1.82) is 0 Å². The van der Waals surface area contributed by atoms with Crippen LogP contribution in [0.5, 0.6) is 5.75 Å². The van der Waals surface area contributed by atoms with Gasteiger partial charge < -0.3 is 4.74 Å². The Balaban J connectivity index is 2.52. The van der Waals surface area contributed by atoms with Gasteiger partial charge in [-0.25, -0.2) is 0 Å². The Morgan fingerprint density at radius 1 is 1.35 bits per heavy atom. The summed E-state index contributed by atoms with van der Waals surface area (Å²) in [7, 11) is 0. The smallest absolute Gasteiger partial charge is 0.170 e. The molecule has 0 spiro atoms. The monoisotopic (exact) mass is 227 g/mol. The topological polar surface area (TPSA) is 26.3 Å². The number of hydrogen-bond donors (Lipinski definition) is 0. The number of carbonyl (C=O) groups is 1. The Labute approximate surface area is 102 Å². The number of ketones is 1. The van der Waals surface area contributed by atoms with Crippen molar-refractivity contribution in [3.8, 4) is 5.75 Å². The van der Waals surface area contributed by atoms with Gasteiger partial charge in [0.25, 0.3) is 0 Å². The van der Waals surface area contributed by atoms with Crippen molar-refractivity contribution in [2.24, 2.45) is 0 Å². The highest BCUT2D eigenvalue weighted by Crippen LogP contribution is 2.30. The number of Topliss-reactive ketones (excluding diaryl/α,β-unsaturated/α-hetero) is 1. The van der Waals surface area contributed by atoms with Crippen molar-refractivity contribution in [1.82, 2.24) is 0 Å². The van der Waals surface area contributed by atoms with Crippen molar-refractivity contribution in [2.45, 2.75) is 19.3 Å². The fourth-order valence-corrected chi connectivity index (χ4v) is 1.99. The van der Waals surface area contributed by atoms with E-state index in [1.807, 2.05) is 18.2 Å². The van der Waals surface area contributed by atoms with Crippen LogP contribution in [0.3, 0.4) is 0 Å². The highest BCUT2D eigenvalue weighted by atomic mass is 16.5. The first-order chi connectivity index (χ1) is 8.26. The molecule has 1 radical (unpaired) electrons. The summed E-state index contributed by atoms with van der Waals surface area (Å²) in [6.07, 6.45) is 5.48. The number of hydrogen-bond acceptors (Lipinski definition) is 2. The predicted molar refractivity (Wildman–Crippen MR) is 67.5 cm³/mol. The molecule has 0 amide bonds. The van der Waals surface area contributed by atoms with Crippen LogP contribution in [0.15, 0.2) is 31.4 Å². The van der Waals surface area contributed by atoms with E-state index in [2.05, 4.69) is 19.2 Å². The van der Waals surface area contributed by atoms with Crippen LogP contribution >= 0.6 is 0 Å². The SMILES string of the molecule is C=CCc1[c]c2c(c(CC=C)c1)OCCC2=O. The summed E-state index contributed by atoms with van der Waals surface area (Å²) in [5, 5.41) is 0. The normalized spacial score (nSPS) is 13.8. The Bertz CT molecular complexity index is 472. The van der Waals surface area contributed by atoms with E-state index in [4.69, 9.17) is 4.74 Å². The number of rotatable bonds is 4. The van der Waals surface area contributed by atoms with E-state index in [9.17, 15) is 4.79 Å². The maximum atomic E-state index is 11.8. The average molecular weight is 227 g/mol. The molecular weight excluding hydrogens is 212 g/mol. The van der Waals surface area contributed by atoms with Gasteiger partial charge in [0.2, 0.25) is 0 Å². The zero-order valence-electron chi connectivity index (χ0n) is 9.79. The molecular formula is C15H15O2. The Hall–Kier alpha value is -1.83. The van der Waals surface area contributed by atoms with Crippen molar-refractivity contribution >= 4 is 5.78 Å². The van der Waals surface area contributed by atoms with Crippen LogP contribution < -0.4 is 4.74 Å². The summed E-state index contributed by atoms with van der Waals surface area (Å²) in [5.41, 5.74) is 2.58. The maximum Gasteiger partial charge on any atom is 0.170 e. The van der Waals surface area contributed by atoms with Gasteiger partial charge in [-0.1, -0.05) is 18.2 Å². The molecule has 0 N–H and O–H groups in total. The third-order valence-electron chi connectivity index (χ3n) is 2.74. The van der Waals surface area contributed by atoms with Crippen LogP contribution in [-0.2, 0) is 12.8 Å². The Morgan fingerprint density at radius 2 is 2.12 bits per heavy atom. The van der Waals surface area contributed by atoms with Crippen molar-refractivity contribution in [3.63, 3.8) is 0 Å². The summed E-state index contributed by atoms with van der Waals surface area (Å²) >= 11 is 0. The van der Waals surface area contributed by atoms with E-state index < -0.39 is 0 Å². The number of carbonyl (C=O) groups excluding carboxylic acids is 1. The summed E-state index contributed by atoms with van der Waals surface area (Å²) in [6.45, 7) is 7.90. The van der Waals surface area contributed by atoms with E-state index in [0.29, 0.717) is 37.2 Å². The lowest BCUT2D eigenvalue weighted by molar-refractivity contribution is 0.0932. The lowest BCUT2D eigenvalue weighted by Gasteiger charge is -2.20. The van der Waals surface area contributed by atoms with Crippen molar-refractivity contribution in [3.05, 3.63) is 54.1 Å². The third kappa shape index (κ3) is 2.31. The Morgan fingerprint density at radius 3 is 2.82 bits per heavy atom. The fourth-order valence-electron chi connectivity index (χ4n) is 1.99. The molecule has 0 aliphatic carbocycles. The quantitative estimate of drug-likeness (QED) is 0.739. The third-order valence-corrected chi connectivity index (χ3v) is 2.74. The summed E-state index contributed by atoms with van der Waals surface area (Å²) < 4.78 is 5.58. The minimum atomic E-state index is 0.113. The van der Waals surface area contributed by atoms with Crippen LogP contribution in [0.25, 0.3) is 0 Å². The number of allylic oxidation sites excluding steroid dienone is 2. The molecule has 0 saturated heterocycles.